The molecule has 1 aromatic heterocycles. The van der Waals surface area contributed by atoms with E-state index in [0.29, 0.717) is 21.6 Å². The third-order valence-electron chi connectivity index (χ3n) is 6.58. The molecule has 2 aliphatic heterocycles. The quantitative estimate of drug-likeness (QED) is 0.502. The molecule has 9 nitrogen and oxygen atoms in total. The van der Waals surface area contributed by atoms with Gasteiger partial charge in [-0.05, 0) is 42.8 Å². The summed E-state index contributed by atoms with van der Waals surface area (Å²) in [5, 5.41) is 4.11. The van der Waals surface area contributed by atoms with Crippen LogP contribution in [0.25, 0.3) is 10.9 Å². The number of benzene rings is 2. The van der Waals surface area contributed by atoms with Gasteiger partial charge in [-0.2, -0.15) is 0 Å². The number of carbonyl (C=O) groups excluding carboxylic acids is 2. The number of ether oxygens (including phenoxy) is 3. The summed E-state index contributed by atoms with van der Waals surface area (Å²) in [7, 11) is 1.30. The summed E-state index contributed by atoms with van der Waals surface area (Å²) in [4.78, 5) is 33.0. The van der Waals surface area contributed by atoms with Crippen LogP contribution < -0.4 is 14.8 Å². The minimum absolute atomic E-state index is 0.193. The van der Waals surface area contributed by atoms with Gasteiger partial charge in [0.05, 0.1) is 18.8 Å². The number of rotatable bonds is 6. The number of esters is 1. The number of hydrogen-bond donors (Lipinski definition) is 2. The lowest BCUT2D eigenvalue weighted by Crippen LogP contribution is -2.52. The normalized spacial score (nSPS) is 16.9. The van der Waals surface area contributed by atoms with Crippen molar-refractivity contribution in [3.8, 4) is 11.5 Å². The molecule has 10 heteroatoms. The highest BCUT2D eigenvalue weighted by atomic mass is 35.5. The molecular weight excluding hydrogens is 472 g/mol. The average Bonchev–Trinajstić information content (AvgIpc) is 3.48. The standard InChI is InChI=1S/C25H27ClN4O5/c1-15(24(31)28-22-18-12-17(26)4-5-19(18)27-23(22)25(32)33-2)30-9-7-29(8-10-30)13-16-3-6-20-21(11-16)35-14-34-20/h3-6,11-12,15,27H,7-10,13-14H2,1-2H3,(H,28,31)/t15-/m0/s1. The van der Waals surface area contributed by atoms with Crippen LogP contribution in [0.1, 0.15) is 23.0 Å². The average molecular weight is 499 g/mol. The van der Waals surface area contributed by atoms with Crippen molar-refractivity contribution in [2.24, 2.45) is 0 Å². The number of H-pyrrole nitrogens is 1. The number of piperazine rings is 1. The molecule has 2 aromatic carbocycles. The van der Waals surface area contributed by atoms with Gasteiger partial charge in [0.15, 0.2) is 11.5 Å². The summed E-state index contributed by atoms with van der Waals surface area (Å²) in [5.74, 6) is 0.820. The highest BCUT2D eigenvalue weighted by Gasteiger charge is 2.28. The number of hydrogen-bond acceptors (Lipinski definition) is 7. The molecular formula is C25H27ClN4O5. The first-order valence-corrected chi connectivity index (χ1v) is 11.9. The lowest BCUT2D eigenvalue weighted by molar-refractivity contribution is -0.121. The second-order valence-electron chi connectivity index (χ2n) is 8.72. The van der Waals surface area contributed by atoms with Crippen molar-refractivity contribution in [1.29, 1.82) is 0 Å². The number of halogens is 1. The largest absolute Gasteiger partial charge is 0.464 e. The highest BCUT2D eigenvalue weighted by Crippen LogP contribution is 2.33. The number of nitrogens with zero attached hydrogens (tertiary/aromatic N) is 2. The second kappa shape index (κ2) is 9.77. The van der Waals surface area contributed by atoms with E-state index >= 15 is 0 Å². The molecule has 1 amide bonds. The minimum Gasteiger partial charge on any atom is -0.464 e. The van der Waals surface area contributed by atoms with Gasteiger partial charge < -0.3 is 24.5 Å². The van der Waals surface area contributed by atoms with Gasteiger partial charge in [-0.25, -0.2) is 4.79 Å². The Bertz CT molecular complexity index is 1270. The summed E-state index contributed by atoms with van der Waals surface area (Å²) in [6.07, 6.45) is 0. The fourth-order valence-electron chi connectivity index (χ4n) is 4.55. The van der Waals surface area contributed by atoms with Crippen molar-refractivity contribution < 1.29 is 23.8 Å². The highest BCUT2D eigenvalue weighted by molar-refractivity contribution is 6.31. The first-order valence-electron chi connectivity index (χ1n) is 11.5. The lowest BCUT2D eigenvalue weighted by Gasteiger charge is -2.37. The molecule has 1 fully saturated rings. The number of nitrogens with one attached hydrogen (secondary N) is 2. The van der Waals surface area contributed by atoms with Crippen LogP contribution in [0.3, 0.4) is 0 Å². The molecule has 0 aliphatic carbocycles. The summed E-state index contributed by atoms with van der Waals surface area (Å²) in [6, 6.07) is 10.9. The summed E-state index contributed by atoms with van der Waals surface area (Å²) < 4.78 is 15.8. The van der Waals surface area contributed by atoms with Crippen molar-refractivity contribution in [2.75, 3.05) is 45.4 Å². The number of methoxy groups -OCH3 is 1. The van der Waals surface area contributed by atoms with Gasteiger partial charge in [0.25, 0.3) is 0 Å². The molecule has 3 heterocycles. The maximum atomic E-state index is 13.2. The fourth-order valence-corrected chi connectivity index (χ4v) is 4.72. The number of anilines is 1. The lowest BCUT2D eigenvalue weighted by atomic mass is 10.1. The maximum absolute atomic E-state index is 13.2. The van der Waals surface area contributed by atoms with Gasteiger partial charge in [-0.15, -0.1) is 0 Å². The zero-order valence-electron chi connectivity index (χ0n) is 19.6. The molecule has 0 spiro atoms. The Morgan fingerprint density at radius 3 is 2.66 bits per heavy atom. The van der Waals surface area contributed by atoms with E-state index in [-0.39, 0.29) is 24.4 Å². The first-order chi connectivity index (χ1) is 16.9. The molecule has 2 N–H and O–H groups in total. The van der Waals surface area contributed by atoms with Crippen molar-refractivity contribution in [1.82, 2.24) is 14.8 Å². The number of carbonyl (C=O) groups is 2. The Balaban J connectivity index is 1.23. The van der Waals surface area contributed by atoms with E-state index in [0.717, 1.165) is 44.2 Å². The number of aromatic amines is 1. The van der Waals surface area contributed by atoms with Crippen LogP contribution in [0, 0.1) is 0 Å². The van der Waals surface area contributed by atoms with Crippen LogP contribution in [0.4, 0.5) is 5.69 Å². The molecule has 0 saturated carbocycles. The van der Waals surface area contributed by atoms with E-state index in [1.54, 1.807) is 18.2 Å². The second-order valence-corrected chi connectivity index (χ2v) is 9.16. The van der Waals surface area contributed by atoms with E-state index < -0.39 is 5.97 Å². The minimum atomic E-state index is -0.558. The molecule has 2 aliphatic rings. The summed E-state index contributed by atoms with van der Waals surface area (Å²) >= 11 is 6.16. The van der Waals surface area contributed by atoms with Gasteiger partial charge in [0.1, 0.15) is 5.69 Å². The van der Waals surface area contributed by atoms with Gasteiger partial charge >= 0.3 is 5.97 Å². The van der Waals surface area contributed by atoms with E-state index in [2.05, 4.69) is 26.2 Å². The Labute approximate surface area is 207 Å². The van der Waals surface area contributed by atoms with E-state index in [9.17, 15) is 9.59 Å². The topological polar surface area (TPSA) is 96.1 Å². The molecule has 0 unspecified atom stereocenters. The predicted octanol–water partition coefficient (Wildman–Crippen LogP) is 3.48. The molecule has 35 heavy (non-hydrogen) atoms. The maximum Gasteiger partial charge on any atom is 0.356 e. The van der Waals surface area contributed by atoms with Gasteiger partial charge in [-0.3, -0.25) is 14.6 Å². The Morgan fingerprint density at radius 1 is 1.11 bits per heavy atom. The number of amides is 1. The Morgan fingerprint density at radius 2 is 1.89 bits per heavy atom. The summed E-state index contributed by atoms with van der Waals surface area (Å²) in [5.41, 5.74) is 2.43. The van der Waals surface area contributed by atoms with Crippen LogP contribution in [0.15, 0.2) is 36.4 Å². The molecule has 0 bridgehead atoms. The zero-order chi connectivity index (χ0) is 24.5. The van der Waals surface area contributed by atoms with Crippen molar-refractivity contribution >= 4 is 40.1 Å². The zero-order valence-corrected chi connectivity index (χ0v) is 20.4. The molecule has 184 valence electrons. The van der Waals surface area contributed by atoms with Crippen LogP contribution in [-0.4, -0.2) is 72.8 Å². The third kappa shape index (κ3) is 4.80. The smallest absolute Gasteiger partial charge is 0.356 e. The molecule has 0 radical (unpaired) electrons. The molecule has 3 aromatic rings. The monoisotopic (exact) mass is 498 g/mol. The van der Waals surface area contributed by atoms with Crippen molar-refractivity contribution in [2.45, 2.75) is 19.5 Å². The van der Waals surface area contributed by atoms with Crippen LogP contribution >= 0.6 is 11.6 Å². The SMILES string of the molecule is COC(=O)c1[nH]c2ccc(Cl)cc2c1NC(=O)[C@H](C)N1CCN(Cc2ccc3c(c2)OCO3)CC1. The van der Waals surface area contributed by atoms with Crippen molar-refractivity contribution in [3.63, 3.8) is 0 Å². The third-order valence-corrected chi connectivity index (χ3v) is 6.81. The van der Waals surface area contributed by atoms with Crippen LogP contribution in [0.2, 0.25) is 5.02 Å². The van der Waals surface area contributed by atoms with Gasteiger partial charge in [-0.1, -0.05) is 17.7 Å². The first kappa shape index (κ1) is 23.5. The molecule has 1 saturated heterocycles. The van der Waals surface area contributed by atoms with E-state index in [4.69, 9.17) is 25.8 Å². The van der Waals surface area contributed by atoms with E-state index in [1.165, 1.54) is 12.7 Å². The predicted molar refractivity (Wildman–Crippen MR) is 132 cm³/mol. The Kier molecular flexibility index (Phi) is 6.55. The Hall–Kier alpha value is -3.27. The molecule has 5 rings (SSSR count). The number of fused-ring (bicyclic) bond motifs is 2. The summed E-state index contributed by atoms with van der Waals surface area (Å²) in [6.45, 7) is 6.13. The fraction of sp³-hybridized carbons (Fsp3) is 0.360. The molecule has 1 atom stereocenters. The van der Waals surface area contributed by atoms with Gasteiger partial charge in [0, 0.05) is 48.6 Å². The number of aromatic nitrogens is 1. The van der Waals surface area contributed by atoms with E-state index in [1.807, 2.05) is 19.1 Å². The van der Waals surface area contributed by atoms with Crippen LogP contribution in [0.5, 0.6) is 11.5 Å². The van der Waals surface area contributed by atoms with Crippen LogP contribution in [-0.2, 0) is 16.1 Å². The van der Waals surface area contributed by atoms with Gasteiger partial charge in [0.2, 0.25) is 12.7 Å². The van der Waals surface area contributed by atoms with Crippen molar-refractivity contribution in [3.05, 3.63) is 52.7 Å².